The summed E-state index contributed by atoms with van der Waals surface area (Å²) in [6, 6.07) is -0.732. The van der Waals surface area contributed by atoms with Crippen molar-refractivity contribution in [3.8, 4) is 0 Å². The highest BCUT2D eigenvalue weighted by Crippen LogP contribution is 2.10. The third-order valence-corrected chi connectivity index (χ3v) is 1.85. The molecule has 0 saturated heterocycles. The van der Waals surface area contributed by atoms with E-state index in [4.69, 9.17) is 0 Å². The van der Waals surface area contributed by atoms with Gasteiger partial charge in [-0.1, -0.05) is 22.5 Å². The number of hydrogen-bond donors (Lipinski definition) is 1. The molecule has 0 spiro atoms. The lowest BCUT2D eigenvalue weighted by Crippen LogP contribution is -2.43. The molecule has 0 aliphatic carbocycles. The van der Waals surface area contributed by atoms with Gasteiger partial charge in [-0.2, -0.15) is 0 Å². The molecular formula is C9H14BrNO4. The highest BCUT2D eigenvalue weighted by molar-refractivity contribution is 9.11. The average molecular weight is 280 g/mol. The van der Waals surface area contributed by atoms with Crippen molar-refractivity contribution < 1.29 is 19.1 Å². The van der Waals surface area contributed by atoms with Gasteiger partial charge < -0.3 is 14.8 Å². The molecule has 0 fully saturated rings. The van der Waals surface area contributed by atoms with Crippen LogP contribution in [0.3, 0.4) is 0 Å². The second kappa shape index (κ2) is 7.42. The first kappa shape index (κ1) is 14.1. The molecule has 1 amide bonds. The van der Waals surface area contributed by atoms with Crippen LogP contribution >= 0.6 is 15.9 Å². The zero-order chi connectivity index (χ0) is 11.8. The summed E-state index contributed by atoms with van der Waals surface area (Å²) in [5.74, 6) is -0.887. The third kappa shape index (κ3) is 6.24. The summed E-state index contributed by atoms with van der Waals surface area (Å²) in [6.45, 7) is 3.50. The van der Waals surface area contributed by atoms with Crippen molar-refractivity contribution in [1.29, 1.82) is 0 Å². The molecule has 0 aromatic rings. The molecular weight excluding hydrogens is 266 g/mol. The molecule has 86 valence electrons. The van der Waals surface area contributed by atoms with Crippen molar-refractivity contribution in [3.05, 3.63) is 11.1 Å². The minimum atomic E-state index is -0.732. The Bertz CT molecular complexity index is 254. The largest absolute Gasteiger partial charge is 0.467 e. The zero-order valence-electron chi connectivity index (χ0n) is 8.71. The molecule has 0 aromatic heterocycles. The fraction of sp³-hybridized carbons (Fsp3) is 0.556. The molecule has 0 unspecified atom stereocenters. The van der Waals surface area contributed by atoms with Crippen molar-refractivity contribution in [2.75, 3.05) is 20.8 Å². The predicted octanol–water partition coefficient (Wildman–Crippen LogP) is 0.589. The quantitative estimate of drug-likeness (QED) is 0.723. The van der Waals surface area contributed by atoms with Crippen molar-refractivity contribution in [2.45, 2.75) is 12.5 Å². The van der Waals surface area contributed by atoms with Crippen LogP contribution in [-0.2, 0) is 19.1 Å². The molecule has 1 N–H and O–H groups in total. The lowest BCUT2D eigenvalue weighted by molar-refractivity contribution is -0.145. The summed E-state index contributed by atoms with van der Waals surface area (Å²) < 4.78 is 9.77. The summed E-state index contributed by atoms with van der Waals surface area (Å²) in [7, 11) is 2.66. The SMILES string of the molecule is C=C(Br)C[C@H](NC(=O)COC)C(=O)OC. The number of carbonyl (C=O) groups is 2. The molecule has 0 rings (SSSR count). The Morgan fingerprint density at radius 2 is 2.07 bits per heavy atom. The molecule has 15 heavy (non-hydrogen) atoms. The van der Waals surface area contributed by atoms with Gasteiger partial charge >= 0.3 is 5.97 Å². The van der Waals surface area contributed by atoms with Crippen molar-refractivity contribution in [3.63, 3.8) is 0 Å². The number of amides is 1. The first-order valence-electron chi connectivity index (χ1n) is 4.20. The van der Waals surface area contributed by atoms with Crippen molar-refractivity contribution in [2.24, 2.45) is 0 Å². The van der Waals surface area contributed by atoms with Gasteiger partial charge in [0.15, 0.2) is 0 Å². The Kier molecular flexibility index (Phi) is 6.98. The molecule has 5 nitrogen and oxygen atoms in total. The lowest BCUT2D eigenvalue weighted by atomic mass is 10.2. The second-order valence-corrected chi connectivity index (χ2v) is 3.92. The van der Waals surface area contributed by atoms with E-state index in [9.17, 15) is 9.59 Å². The highest BCUT2D eigenvalue weighted by Gasteiger charge is 2.21. The molecule has 0 saturated carbocycles. The molecule has 0 bridgehead atoms. The summed E-state index contributed by atoms with van der Waals surface area (Å²) in [6.07, 6.45) is 0.280. The highest BCUT2D eigenvalue weighted by atomic mass is 79.9. The van der Waals surface area contributed by atoms with E-state index in [-0.39, 0.29) is 18.9 Å². The molecule has 0 radical (unpaired) electrons. The van der Waals surface area contributed by atoms with Crippen LogP contribution in [0.1, 0.15) is 6.42 Å². The summed E-state index contributed by atoms with van der Waals surface area (Å²) >= 11 is 3.12. The van der Waals surface area contributed by atoms with E-state index >= 15 is 0 Å². The van der Waals surface area contributed by atoms with Crippen LogP contribution in [0.2, 0.25) is 0 Å². The minimum Gasteiger partial charge on any atom is -0.467 e. The fourth-order valence-corrected chi connectivity index (χ4v) is 1.25. The maximum absolute atomic E-state index is 11.2. The van der Waals surface area contributed by atoms with Crippen LogP contribution in [0, 0.1) is 0 Å². The van der Waals surface area contributed by atoms with E-state index in [0.717, 1.165) is 0 Å². The second-order valence-electron chi connectivity index (χ2n) is 2.80. The number of halogens is 1. The van der Waals surface area contributed by atoms with E-state index in [2.05, 4.69) is 37.3 Å². The Balaban J connectivity index is 4.30. The summed E-state index contributed by atoms with van der Waals surface area (Å²) in [5, 5.41) is 2.47. The van der Waals surface area contributed by atoms with E-state index in [1.807, 2.05) is 0 Å². The lowest BCUT2D eigenvalue weighted by Gasteiger charge is -2.15. The van der Waals surface area contributed by atoms with Crippen LogP contribution in [0.25, 0.3) is 0 Å². The number of esters is 1. The minimum absolute atomic E-state index is 0.0950. The molecule has 6 heteroatoms. The van der Waals surface area contributed by atoms with Gasteiger partial charge in [0.2, 0.25) is 5.91 Å². The van der Waals surface area contributed by atoms with Crippen LogP contribution in [-0.4, -0.2) is 38.7 Å². The van der Waals surface area contributed by atoms with Gasteiger partial charge in [0, 0.05) is 13.5 Å². The van der Waals surface area contributed by atoms with Gasteiger partial charge in [0.25, 0.3) is 0 Å². The number of ether oxygens (including phenoxy) is 2. The molecule has 0 aromatic carbocycles. The molecule has 0 aliphatic rings. The number of nitrogens with one attached hydrogen (secondary N) is 1. The van der Waals surface area contributed by atoms with Crippen LogP contribution in [0.4, 0.5) is 0 Å². The zero-order valence-corrected chi connectivity index (χ0v) is 10.3. The topological polar surface area (TPSA) is 64.6 Å². The Hall–Kier alpha value is -0.880. The Morgan fingerprint density at radius 3 is 2.47 bits per heavy atom. The van der Waals surface area contributed by atoms with Crippen molar-refractivity contribution in [1.82, 2.24) is 5.32 Å². The summed E-state index contributed by atoms with van der Waals surface area (Å²) in [4.78, 5) is 22.4. The number of hydrogen-bond acceptors (Lipinski definition) is 4. The predicted molar refractivity (Wildman–Crippen MR) is 58.5 cm³/mol. The first-order chi connectivity index (χ1) is 7.01. The molecule has 1 atom stereocenters. The van der Waals surface area contributed by atoms with Crippen LogP contribution in [0.15, 0.2) is 11.1 Å². The van der Waals surface area contributed by atoms with Gasteiger partial charge in [0.05, 0.1) is 7.11 Å². The standard InChI is InChI=1S/C9H14BrNO4/c1-6(10)4-7(9(13)15-3)11-8(12)5-14-2/h7H,1,4-5H2,2-3H3,(H,11,12)/t7-/m0/s1. The van der Waals surface area contributed by atoms with Gasteiger partial charge in [-0.15, -0.1) is 0 Å². The van der Waals surface area contributed by atoms with E-state index in [1.54, 1.807) is 0 Å². The van der Waals surface area contributed by atoms with E-state index in [1.165, 1.54) is 14.2 Å². The monoisotopic (exact) mass is 279 g/mol. The number of methoxy groups -OCH3 is 2. The Morgan fingerprint density at radius 1 is 1.47 bits per heavy atom. The maximum atomic E-state index is 11.2. The third-order valence-electron chi connectivity index (χ3n) is 1.52. The molecule has 0 heterocycles. The van der Waals surface area contributed by atoms with Gasteiger partial charge in [0.1, 0.15) is 12.6 Å². The van der Waals surface area contributed by atoms with Gasteiger partial charge in [-0.05, 0) is 4.48 Å². The summed E-state index contributed by atoms with van der Waals surface area (Å²) in [5.41, 5.74) is 0. The fourth-order valence-electron chi connectivity index (χ4n) is 0.924. The first-order valence-corrected chi connectivity index (χ1v) is 5.00. The van der Waals surface area contributed by atoms with E-state index < -0.39 is 12.0 Å². The van der Waals surface area contributed by atoms with E-state index in [0.29, 0.717) is 4.48 Å². The average Bonchev–Trinajstić information content (AvgIpc) is 2.15. The van der Waals surface area contributed by atoms with Gasteiger partial charge in [-0.25, -0.2) is 4.79 Å². The van der Waals surface area contributed by atoms with Crippen LogP contribution < -0.4 is 5.32 Å². The molecule has 0 aliphatic heterocycles. The number of rotatable bonds is 6. The maximum Gasteiger partial charge on any atom is 0.328 e. The van der Waals surface area contributed by atoms with Gasteiger partial charge in [-0.3, -0.25) is 4.79 Å². The Labute approximate surface area is 96.9 Å². The number of carbonyl (C=O) groups excluding carboxylic acids is 2. The smallest absolute Gasteiger partial charge is 0.328 e. The van der Waals surface area contributed by atoms with Crippen molar-refractivity contribution >= 4 is 27.8 Å². The normalized spacial score (nSPS) is 11.7. The van der Waals surface area contributed by atoms with Crippen LogP contribution in [0.5, 0.6) is 0 Å².